The predicted octanol–water partition coefficient (Wildman–Crippen LogP) is 0.810. The Morgan fingerprint density at radius 1 is 1.38 bits per heavy atom. The summed E-state index contributed by atoms with van der Waals surface area (Å²) in [6.45, 7) is 2.19. The lowest BCUT2D eigenvalue weighted by Gasteiger charge is -2.35. The van der Waals surface area contributed by atoms with Crippen molar-refractivity contribution >= 4 is 17.3 Å². The van der Waals surface area contributed by atoms with Crippen LogP contribution in [-0.4, -0.2) is 60.7 Å². The Balaban J connectivity index is 2.17. The Bertz CT molecular complexity index is 541. The summed E-state index contributed by atoms with van der Waals surface area (Å²) < 4.78 is 5.06. The van der Waals surface area contributed by atoms with Gasteiger partial charge in [-0.25, -0.2) is 0 Å². The molecule has 8 heteroatoms. The van der Waals surface area contributed by atoms with E-state index in [0.29, 0.717) is 31.9 Å². The summed E-state index contributed by atoms with van der Waals surface area (Å²) in [6.07, 6.45) is 0. The van der Waals surface area contributed by atoms with Gasteiger partial charge >= 0.3 is 11.7 Å². The monoisotopic (exact) mass is 295 g/mol. The molecule has 0 radical (unpaired) electrons. The second-order valence-corrected chi connectivity index (χ2v) is 4.74. The number of hydrogen-bond acceptors (Lipinski definition) is 6. The SMILES string of the molecule is COc1cccc(N2CCN(CC(=O)O)CC2)c1[N+](=O)[O-]. The van der Waals surface area contributed by atoms with Crippen LogP contribution in [0, 0.1) is 10.1 Å². The van der Waals surface area contributed by atoms with Gasteiger partial charge in [0, 0.05) is 26.2 Å². The van der Waals surface area contributed by atoms with Gasteiger partial charge in [0.05, 0.1) is 18.6 Å². The van der Waals surface area contributed by atoms with E-state index in [1.54, 1.807) is 18.2 Å². The molecule has 1 N–H and O–H groups in total. The highest BCUT2D eigenvalue weighted by atomic mass is 16.6. The number of anilines is 1. The van der Waals surface area contributed by atoms with Crippen molar-refractivity contribution in [2.24, 2.45) is 0 Å². The summed E-state index contributed by atoms with van der Waals surface area (Å²) in [5, 5.41) is 20.0. The lowest BCUT2D eigenvalue weighted by Crippen LogP contribution is -2.48. The Hall–Kier alpha value is -2.35. The van der Waals surface area contributed by atoms with Crippen LogP contribution >= 0.6 is 0 Å². The van der Waals surface area contributed by atoms with Crippen molar-refractivity contribution in [2.75, 3.05) is 44.7 Å². The van der Waals surface area contributed by atoms with Crippen LogP contribution in [0.5, 0.6) is 5.75 Å². The van der Waals surface area contributed by atoms with Crippen LogP contribution < -0.4 is 9.64 Å². The van der Waals surface area contributed by atoms with Crippen molar-refractivity contribution in [1.82, 2.24) is 4.90 Å². The molecule has 1 fully saturated rings. The van der Waals surface area contributed by atoms with E-state index >= 15 is 0 Å². The van der Waals surface area contributed by atoms with Crippen LogP contribution in [0.25, 0.3) is 0 Å². The number of rotatable bonds is 5. The maximum Gasteiger partial charge on any atom is 0.333 e. The summed E-state index contributed by atoms with van der Waals surface area (Å²) in [7, 11) is 1.40. The second-order valence-electron chi connectivity index (χ2n) is 4.74. The van der Waals surface area contributed by atoms with Crippen LogP contribution in [0.15, 0.2) is 18.2 Å². The normalized spacial score (nSPS) is 15.8. The molecule has 1 saturated heterocycles. The molecule has 1 aromatic carbocycles. The molecule has 8 nitrogen and oxygen atoms in total. The number of nitro groups is 1. The van der Waals surface area contributed by atoms with E-state index in [1.165, 1.54) is 7.11 Å². The number of para-hydroxylation sites is 1. The number of nitrogens with zero attached hydrogens (tertiary/aromatic N) is 3. The lowest BCUT2D eigenvalue weighted by atomic mass is 10.2. The van der Waals surface area contributed by atoms with E-state index in [-0.39, 0.29) is 18.0 Å². The van der Waals surface area contributed by atoms with Gasteiger partial charge in [0.15, 0.2) is 5.75 Å². The van der Waals surface area contributed by atoms with Gasteiger partial charge in [0.25, 0.3) is 0 Å². The minimum absolute atomic E-state index is 0.00591. The molecule has 1 aromatic rings. The Morgan fingerprint density at radius 2 is 2.05 bits per heavy atom. The van der Waals surface area contributed by atoms with Crippen LogP contribution in [0.2, 0.25) is 0 Å². The average molecular weight is 295 g/mol. The average Bonchev–Trinajstić information content (AvgIpc) is 2.46. The van der Waals surface area contributed by atoms with Crippen LogP contribution in [0.3, 0.4) is 0 Å². The first kappa shape index (κ1) is 15.0. The molecular weight excluding hydrogens is 278 g/mol. The molecule has 0 unspecified atom stereocenters. The zero-order chi connectivity index (χ0) is 15.4. The van der Waals surface area contributed by atoms with Gasteiger partial charge in [-0.3, -0.25) is 19.8 Å². The highest BCUT2D eigenvalue weighted by Crippen LogP contribution is 2.37. The summed E-state index contributed by atoms with van der Waals surface area (Å²) in [6, 6.07) is 4.96. The largest absolute Gasteiger partial charge is 0.490 e. The highest BCUT2D eigenvalue weighted by Gasteiger charge is 2.27. The fraction of sp³-hybridized carbons (Fsp3) is 0.462. The quantitative estimate of drug-likeness (QED) is 0.634. The third-order valence-corrected chi connectivity index (χ3v) is 3.45. The standard InChI is InChI=1S/C13H17N3O5/c1-21-11-4-2-3-10(13(11)16(19)20)15-7-5-14(6-8-15)9-12(17)18/h2-4H,5-9H2,1H3,(H,17,18). The van der Waals surface area contributed by atoms with Gasteiger partial charge in [-0.1, -0.05) is 6.07 Å². The molecule has 0 aliphatic carbocycles. The van der Waals surface area contributed by atoms with Gasteiger partial charge in [0.2, 0.25) is 0 Å². The molecule has 0 aromatic heterocycles. The molecule has 21 heavy (non-hydrogen) atoms. The molecule has 1 aliphatic heterocycles. The number of methoxy groups -OCH3 is 1. The summed E-state index contributed by atoms with van der Waals surface area (Å²) >= 11 is 0. The van der Waals surface area contributed by atoms with E-state index in [9.17, 15) is 14.9 Å². The predicted molar refractivity (Wildman–Crippen MR) is 75.9 cm³/mol. The molecule has 0 amide bonds. The molecule has 0 atom stereocenters. The fourth-order valence-corrected chi connectivity index (χ4v) is 2.45. The molecule has 0 spiro atoms. The number of nitro benzene ring substituents is 1. The number of carbonyl (C=O) groups is 1. The number of benzene rings is 1. The molecule has 0 bridgehead atoms. The highest BCUT2D eigenvalue weighted by molar-refractivity contribution is 5.70. The molecule has 2 rings (SSSR count). The number of aliphatic carboxylic acids is 1. The second kappa shape index (κ2) is 6.40. The van der Waals surface area contributed by atoms with E-state index in [0.717, 1.165) is 0 Å². The summed E-state index contributed by atoms with van der Waals surface area (Å²) in [5.74, 6) is -0.638. The first-order valence-electron chi connectivity index (χ1n) is 6.53. The van der Waals surface area contributed by atoms with Gasteiger partial charge in [-0.2, -0.15) is 0 Å². The summed E-state index contributed by atoms with van der Waals surface area (Å²) in [5.41, 5.74) is 0.459. The first-order chi connectivity index (χ1) is 10.0. The molecule has 1 heterocycles. The topological polar surface area (TPSA) is 96.2 Å². The number of hydrogen-bond donors (Lipinski definition) is 1. The zero-order valence-electron chi connectivity index (χ0n) is 11.7. The van der Waals surface area contributed by atoms with Gasteiger partial charge in [-0.05, 0) is 12.1 Å². The Labute approximate surface area is 121 Å². The number of carboxylic acid groups (broad SMARTS) is 1. The maximum atomic E-state index is 11.3. The Morgan fingerprint density at radius 3 is 2.57 bits per heavy atom. The van der Waals surface area contributed by atoms with E-state index < -0.39 is 10.9 Å². The maximum absolute atomic E-state index is 11.3. The number of ether oxygens (including phenoxy) is 1. The van der Waals surface area contributed by atoms with E-state index in [4.69, 9.17) is 9.84 Å². The number of carboxylic acids is 1. The number of piperazine rings is 1. The van der Waals surface area contributed by atoms with Gasteiger partial charge in [-0.15, -0.1) is 0 Å². The van der Waals surface area contributed by atoms with Crippen molar-refractivity contribution in [1.29, 1.82) is 0 Å². The van der Waals surface area contributed by atoms with Crippen molar-refractivity contribution < 1.29 is 19.6 Å². The van der Waals surface area contributed by atoms with Crippen molar-refractivity contribution in [3.05, 3.63) is 28.3 Å². The van der Waals surface area contributed by atoms with E-state index in [1.807, 2.05) is 9.80 Å². The van der Waals surface area contributed by atoms with E-state index in [2.05, 4.69) is 0 Å². The van der Waals surface area contributed by atoms with Crippen LogP contribution in [0.4, 0.5) is 11.4 Å². The zero-order valence-corrected chi connectivity index (χ0v) is 11.7. The minimum Gasteiger partial charge on any atom is -0.490 e. The fourth-order valence-electron chi connectivity index (χ4n) is 2.45. The summed E-state index contributed by atoms with van der Waals surface area (Å²) in [4.78, 5) is 25.2. The third kappa shape index (κ3) is 3.40. The minimum atomic E-state index is -0.865. The smallest absolute Gasteiger partial charge is 0.333 e. The van der Waals surface area contributed by atoms with Crippen molar-refractivity contribution in [3.63, 3.8) is 0 Å². The van der Waals surface area contributed by atoms with Gasteiger partial charge < -0.3 is 14.7 Å². The molecule has 0 saturated carbocycles. The molecule has 114 valence electrons. The van der Waals surface area contributed by atoms with Gasteiger partial charge in [0.1, 0.15) is 5.69 Å². The van der Waals surface area contributed by atoms with Crippen LogP contribution in [0.1, 0.15) is 0 Å². The molecule has 1 aliphatic rings. The van der Waals surface area contributed by atoms with Crippen molar-refractivity contribution in [3.8, 4) is 5.75 Å². The van der Waals surface area contributed by atoms with Crippen molar-refractivity contribution in [2.45, 2.75) is 0 Å². The molecular formula is C13H17N3O5. The Kier molecular flexibility index (Phi) is 4.59. The third-order valence-electron chi connectivity index (χ3n) is 3.45. The first-order valence-corrected chi connectivity index (χ1v) is 6.53. The lowest BCUT2D eigenvalue weighted by molar-refractivity contribution is -0.385. The van der Waals surface area contributed by atoms with Crippen LogP contribution in [-0.2, 0) is 4.79 Å².